The van der Waals surface area contributed by atoms with Crippen molar-refractivity contribution < 1.29 is 0 Å². The van der Waals surface area contributed by atoms with Crippen LogP contribution in [-0.4, -0.2) is 12.3 Å². The molecule has 0 unspecified atom stereocenters. The van der Waals surface area contributed by atoms with Crippen LogP contribution in [0.4, 0.5) is 0 Å². The van der Waals surface area contributed by atoms with Gasteiger partial charge in [-0.15, -0.1) is 0 Å². The van der Waals surface area contributed by atoms with Gasteiger partial charge in [0.2, 0.25) is 0 Å². The van der Waals surface area contributed by atoms with Crippen LogP contribution in [-0.2, 0) is 0 Å². The third kappa shape index (κ3) is 0.861. The maximum Gasteiger partial charge on any atom is 0.0607 e. The fraction of sp³-hybridized carbons (Fsp3) is 0.286. The Morgan fingerprint density at radius 3 is 2.88 bits per heavy atom. The summed E-state index contributed by atoms with van der Waals surface area (Å²) >= 11 is 0. The van der Waals surface area contributed by atoms with Crippen LogP contribution in [0.1, 0.15) is 6.92 Å². The third-order valence-corrected chi connectivity index (χ3v) is 1.11. The molecule has 0 saturated carbocycles. The maximum absolute atomic E-state index is 4.14. The van der Waals surface area contributed by atoms with Crippen LogP contribution < -0.4 is 0 Å². The predicted octanol–water partition coefficient (Wildman–Crippen LogP) is 1.57. The van der Waals surface area contributed by atoms with E-state index in [2.05, 4.69) is 18.5 Å². The number of nitrogens with zero attached hydrogens (tertiary/aromatic N) is 1. The molecule has 0 aromatic rings. The number of allylic oxidation sites excluding steroid dienone is 2. The van der Waals surface area contributed by atoms with Gasteiger partial charge in [-0.05, 0) is 24.6 Å². The van der Waals surface area contributed by atoms with Crippen molar-refractivity contribution in [2.24, 2.45) is 4.99 Å². The van der Waals surface area contributed by atoms with Gasteiger partial charge in [0.15, 0.2) is 0 Å². The van der Waals surface area contributed by atoms with E-state index in [0.29, 0.717) is 0 Å². The first kappa shape index (κ1) is 5.29. The van der Waals surface area contributed by atoms with Gasteiger partial charge in [-0.2, -0.15) is 0 Å². The molecule has 0 radical (unpaired) electrons. The number of hydrogen-bond acceptors (Lipinski definition) is 1. The number of aliphatic imine (C=N–C) groups is 1. The largest absolute Gasteiger partial charge is 0.281 e. The molecule has 0 aliphatic carbocycles. The van der Waals surface area contributed by atoms with Gasteiger partial charge in [0, 0.05) is 0 Å². The highest BCUT2D eigenvalue weighted by atomic mass is 14.7. The highest BCUT2D eigenvalue weighted by Crippen LogP contribution is 2.03. The van der Waals surface area contributed by atoms with Gasteiger partial charge in [0.05, 0.1) is 12.3 Å². The van der Waals surface area contributed by atoms with Crippen LogP contribution in [0.5, 0.6) is 0 Å². The second-order valence-corrected chi connectivity index (χ2v) is 1.94. The maximum atomic E-state index is 4.14. The van der Waals surface area contributed by atoms with Crippen molar-refractivity contribution in [1.82, 2.24) is 0 Å². The summed E-state index contributed by atoms with van der Waals surface area (Å²) < 4.78 is 0. The van der Waals surface area contributed by atoms with Crippen molar-refractivity contribution in [1.29, 1.82) is 0 Å². The van der Waals surface area contributed by atoms with Crippen LogP contribution in [0.15, 0.2) is 29.3 Å². The first-order valence-corrected chi connectivity index (χ1v) is 2.67. The van der Waals surface area contributed by atoms with Crippen molar-refractivity contribution in [2.75, 3.05) is 6.54 Å². The van der Waals surface area contributed by atoms with Gasteiger partial charge in [0.1, 0.15) is 0 Å². The van der Waals surface area contributed by atoms with E-state index in [1.807, 2.05) is 6.08 Å². The average molecular weight is 107 g/mol. The Labute approximate surface area is 49.4 Å². The van der Waals surface area contributed by atoms with Crippen molar-refractivity contribution in [3.63, 3.8) is 0 Å². The lowest BCUT2D eigenvalue weighted by atomic mass is 10.3. The van der Waals surface area contributed by atoms with E-state index < -0.39 is 0 Å². The Balaban J connectivity index is 2.72. The second-order valence-electron chi connectivity index (χ2n) is 1.94. The Bertz CT molecular complexity index is 163. The monoisotopic (exact) mass is 107 g/mol. The molecule has 8 heavy (non-hydrogen) atoms. The van der Waals surface area contributed by atoms with Crippen molar-refractivity contribution in [3.05, 3.63) is 24.3 Å². The molecule has 1 nitrogen and oxygen atoms in total. The van der Waals surface area contributed by atoms with E-state index in [1.165, 1.54) is 5.57 Å². The molecule has 1 heterocycles. The molecule has 0 saturated heterocycles. The summed E-state index contributed by atoms with van der Waals surface area (Å²) in [6.45, 7) is 6.53. The van der Waals surface area contributed by atoms with E-state index in [9.17, 15) is 0 Å². The quantitative estimate of drug-likeness (QED) is 0.482. The molecule has 1 aliphatic heterocycles. The molecule has 42 valence electrons. The lowest BCUT2D eigenvalue weighted by Gasteiger charge is -1.77. The fourth-order valence-electron chi connectivity index (χ4n) is 0.683. The van der Waals surface area contributed by atoms with Crippen LogP contribution >= 0.6 is 0 Å². The SMILES string of the molecule is C=CC1=NCC(C)=C1. The summed E-state index contributed by atoms with van der Waals surface area (Å²) in [7, 11) is 0. The topological polar surface area (TPSA) is 12.4 Å². The lowest BCUT2D eigenvalue weighted by molar-refractivity contribution is 1.18. The minimum absolute atomic E-state index is 0.862. The smallest absolute Gasteiger partial charge is 0.0607 e. The Hall–Kier alpha value is -0.850. The van der Waals surface area contributed by atoms with E-state index in [0.717, 1.165) is 12.3 Å². The highest BCUT2D eigenvalue weighted by Gasteiger charge is 1.97. The molecule has 0 N–H and O–H groups in total. The van der Waals surface area contributed by atoms with Gasteiger partial charge in [0.25, 0.3) is 0 Å². The molecule has 0 aromatic carbocycles. The molecule has 0 amide bonds. The molecular weight excluding hydrogens is 98.1 g/mol. The molecule has 1 heteroatoms. The van der Waals surface area contributed by atoms with E-state index in [1.54, 1.807) is 6.08 Å². The normalized spacial score (nSPS) is 17.6. The first-order chi connectivity index (χ1) is 3.83. The molecule has 0 atom stereocenters. The molecule has 1 rings (SSSR count). The second kappa shape index (κ2) is 1.95. The van der Waals surface area contributed by atoms with Crippen molar-refractivity contribution in [3.8, 4) is 0 Å². The summed E-state index contributed by atoms with van der Waals surface area (Å²) in [4.78, 5) is 4.14. The van der Waals surface area contributed by atoms with E-state index in [-0.39, 0.29) is 0 Å². The summed E-state index contributed by atoms with van der Waals surface area (Å²) in [5, 5.41) is 0. The average Bonchev–Trinajstić information content (AvgIpc) is 2.14. The van der Waals surface area contributed by atoms with Crippen LogP contribution in [0.2, 0.25) is 0 Å². The Morgan fingerprint density at radius 2 is 2.62 bits per heavy atom. The summed E-state index contributed by atoms with van der Waals surface area (Å²) in [5.41, 5.74) is 2.34. The zero-order chi connectivity index (χ0) is 5.98. The Morgan fingerprint density at radius 1 is 1.88 bits per heavy atom. The van der Waals surface area contributed by atoms with Crippen molar-refractivity contribution in [2.45, 2.75) is 6.92 Å². The molecule has 0 spiro atoms. The third-order valence-electron chi connectivity index (χ3n) is 1.11. The van der Waals surface area contributed by atoms with Crippen LogP contribution in [0.3, 0.4) is 0 Å². The van der Waals surface area contributed by atoms with Gasteiger partial charge in [-0.1, -0.05) is 6.58 Å². The van der Waals surface area contributed by atoms with E-state index in [4.69, 9.17) is 0 Å². The Kier molecular flexibility index (Phi) is 1.29. The molecule has 0 aromatic heterocycles. The molecule has 0 fully saturated rings. The van der Waals surface area contributed by atoms with E-state index >= 15 is 0 Å². The zero-order valence-corrected chi connectivity index (χ0v) is 5.02. The minimum atomic E-state index is 0.862. The van der Waals surface area contributed by atoms with Gasteiger partial charge < -0.3 is 0 Å². The van der Waals surface area contributed by atoms with Gasteiger partial charge in [-0.3, -0.25) is 4.99 Å². The summed E-state index contributed by atoms with van der Waals surface area (Å²) in [6.07, 6.45) is 3.82. The zero-order valence-electron chi connectivity index (χ0n) is 5.02. The van der Waals surface area contributed by atoms with Crippen LogP contribution in [0, 0.1) is 0 Å². The fourth-order valence-corrected chi connectivity index (χ4v) is 0.683. The molecule has 1 aliphatic rings. The minimum Gasteiger partial charge on any atom is -0.281 e. The number of hydrogen-bond donors (Lipinski definition) is 0. The lowest BCUT2D eigenvalue weighted by Crippen LogP contribution is -1.77. The van der Waals surface area contributed by atoms with Crippen molar-refractivity contribution >= 4 is 5.71 Å². The van der Waals surface area contributed by atoms with Crippen LogP contribution in [0.25, 0.3) is 0 Å². The standard InChI is InChI=1S/C7H9N/c1-3-7-4-6(2)5-8-7/h3-4H,1,5H2,2H3. The molecular formula is C7H9N. The number of rotatable bonds is 1. The summed E-state index contributed by atoms with van der Waals surface area (Å²) in [6, 6.07) is 0. The van der Waals surface area contributed by atoms with Gasteiger partial charge >= 0.3 is 0 Å². The molecule has 0 bridgehead atoms. The first-order valence-electron chi connectivity index (χ1n) is 2.67. The van der Waals surface area contributed by atoms with Gasteiger partial charge in [-0.25, -0.2) is 0 Å². The predicted molar refractivity (Wildman–Crippen MR) is 36.3 cm³/mol. The highest BCUT2D eigenvalue weighted by molar-refractivity contribution is 6.05. The summed E-state index contributed by atoms with van der Waals surface area (Å²) in [5.74, 6) is 0.